The monoisotopic (exact) mass is 323 g/mol. The zero-order valence-electron chi connectivity index (χ0n) is 12.2. The molecule has 4 rings (SSSR count). The molecular formula is C16H13N5OS. The van der Waals surface area contributed by atoms with Gasteiger partial charge in [-0.25, -0.2) is 4.98 Å². The van der Waals surface area contributed by atoms with E-state index in [1.807, 2.05) is 24.3 Å². The third-order valence-corrected chi connectivity index (χ3v) is 4.50. The number of hydrogen-bond acceptors (Lipinski definition) is 6. The summed E-state index contributed by atoms with van der Waals surface area (Å²) in [6, 6.07) is 7.64. The molecule has 1 aliphatic carbocycles. The summed E-state index contributed by atoms with van der Waals surface area (Å²) in [5.41, 5.74) is 2.05. The van der Waals surface area contributed by atoms with Crippen molar-refractivity contribution in [3.05, 3.63) is 45.9 Å². The lowest BCUT2D eigenvalue weighted by Gasteiger charge is -2.22. The van der Waals surface area contributed by atoms with Gasteiger partial charge in [0.15, 0.2) is 5.01 Å². The predicted molar refractivity (Wildman–Crippen MR) is 85.4 cm³/mol. The molecule has 7 heteroatoms. The van der Waals surface area contributed by atoms with Gasteiger partial charge in [-0.2, -0.15) is 5.21 Å². The summed E-state index contributed by atoms with van der Waals surface area (Å²) < 4.78 is 5.47. The van der Waals surface area contributed by atoms with Crippen molar-refractivity contribution in [3.8, 4) is 23.6 Å². The molecule has 0 unspecified atom stereocenters. The molecule has 0 atom stereocenters. The summed E-state index contributed by atoms with van der Waals surface area (Å²) in [5.74, 6) is 7.51. The van der Waals surface area contributed by atoms with Crippen molar-refractivity contribution in [1.29, 1.82) is 0 Å². The first-order valence-electron chi connectivity index (χ1n) is 7.35. The fourth-order valence-electron chi connectivity index (χ4n) is 2.30. The fraction of sp³-hybridized carbons (Fsp3) is 0.250. The smallest absolute Gasteiger partial charge is 0.361 e. The predicted octanol–water partition coefficient (Wildman–Crippen LogP) is 3.12. The Hall–Kier alpha value is -2.72. The van der Waals surface area contributed by atoms with Crippen molar-refractivity contribution in [2.24, 2.45) is 0 Å². The minimum Gasteiger partial charge on any atom is -0.422 e. The number of nitrogens with one attached hydrogen (secondary N) is 1. The van der Waals surface area contributed by atoms with Crippen LogP contribution in [0.25, 0.3) is 0 Å². The molecule has 23 heavy (non-hydrogen) atoms. The maximum Gasteiger partial charge on any atom is 0.361 e. The van der Waals surface area contributed by atoms with Crippen LogP contribution in [0.1, 0.15) is 41.4 Å². The van der Waals surface area contributed by atoms with E-state index in [1.165, 1.54) is 25.0 Å². The number of thiazole rings is 1. The van der Waals surface area contributed by atoms with Gasteiger partial charge < -0.3 is 4.74 Å². The number of nitrogens with zero attached hydrogens (tertiary/aromatic N) is 4. The van der Waals surface area contributed by atoms with Crippen LogP contribution in [-0.4, -0.2) is 25.6 Å². The van der Waals surface area contributed by atoms with Crippen molar-refractivity contribution in [2.75, 3.05) is 0 Å². The number of aromatic nitrogens is 5. The van der Waals surface area contributed by atoms with E-state index in [2.05, 4.69) is 42.8 Å². The topological polar surface area (TPSA) is 76.6 Å². The fourth-order valence-corrected chi connectivity index (χ4v) is 3.04. The minimum atomic E-state index is 0.181. The highest BCUT2D eigenvalue weighted by molar-refractivity contribution is 7.10. The molecule has 0 amide bonds. The molecule has 2 heterocycles. The lowest BCUT2D eigenvalue weighted by atomic mass is 9.83. The maximum atomic E-state index is 5.47. The third kappa shape index (κ3) is 3.22. The highest BCUT2D eigenvalue weighted by Gasteiger charge is 2.21. The molecule has 1 N–H and O–H groups in total. The minimum absolute atomic E-state index is 0.181. The summed E-state index contributed by atoms with van der Waals surface area (Å²) in [6.45, 7) is 0. The second-order valence-electron chi connectivity index (χ2n) is 5.28. The lowest BCUT2D eigenvalue weighted by Crippen LogP contribution is -2.08. The van der Waals surface area contributed by atoms with Crippen LogP contribution in [0.3, 0.4) is 0 Å². The Morgan fingerprint density at radius 2 is 2.22 bits per heavy atom. The van der Waals surface area contributed by atoms with Crippen molar-refractivity contribution in [2.45, 2.75) is 25.2 Å². The molecule has 1 aliphatic rings. The highest BCUT2D eigenvalue weighted by Crippen LogP contribution is 2.36. The van der Waals surface area contributed by atoms with Gasteiger partial charge in [0.25, 0.3) is 0 Å². The second kappa shape index (κ2) is 6.18. The van der Waals surface area contributed by atoms with Gasteiger partial charge in [-0.15, -0.1) is 11.3 Å². The number of rotatable bonds is 3. The largest absolute Gasteiger partial charge is 0.422 e. The molecule has 6 nitrogen and oxygen atoms in total. The number of H-pyrrole nitrogens is 1. The zero-order chi connectivity index (χ0) is 15.5. The Labute approximate surface area is 136 Å². The van der Waals surface area contributed by atoms with Crippen molar-refractivity contribution in [3.63, 3.8) is 0 Å². The van der Waals surface area contributed by atoms with E-state index in [9.17, 15) is 0 Å². The normalized spacial score (nSPS) is 13.9. The summed E-state index contributed by atoms with van der Waals surface area (Å²) in [6.07, 6.45) is 3.83. The number of aromatic amines is 1. The quantitative estimate of drug-likeness (QED) is 0.749. The third-order valence-electron chi connectivity index (χ3n) is 3.73. The number of benzene rings is 1. The Kier molecular flexibility index (Phi) is 3.74. The van der Waals surface area contributed by atoms with Crippen molar-refractivity contribution >= 4 is 11.3 Å². The van der Waals surface area contributed by atoms with E-state index in [4.69, 9.17) is 4.74 Å². The van der Waals surface area contributed by atoms with E-state index < -0.39 is 0 Å². The standard InChI is InChI=1S/C16H13N5OS/c1-3-11(9-13(6-1)22-16-18-20-21-19-16)7-8-15-17-14(10-23-15)12-4-2-5-12/h1,3,6,9-10,12H,2,4-5H2,(H,18,19,20,21). The first-order chi connectivity index (χ1) is 11.4. The van der Waals surface area contributed by atoms with Crippen LogP contribution in [0.15, 0.2) is 29.6 Å². The van der Waals surface area contributed by atoms with E-state index in [1.54, 1.807) is 11.3 Å². The molecule has 0 bridgehead atoms. The van der Waals surface area contributed by atoms with Gasteiger partial charge in [0, 0.05) is 16.9 Å². The molecular weight excluding hydrogens is 310 g/mol. The lowest BCUT2D eigenvalue weighted by molar-refractivity contribution is 0.412. The molecule has 1 fully saturated rings. The van der Waals surface area contributed by atoms with Gasteiger partial charge in [0.1, 0.15) is 5.75 Å². The molecule has 3 aromatic rings. The summed E-state index contributed by atoms with van der Waals surface area (Å²) in [4.78, 5) is 4.61. The van der Waals surface area contributed by atoms with Gasteiger partial charge in [-0.3, -0.25) is 0 Å². The van der Waals surface area contributed by atoms with Crippen LogP contribution < -0.4 is 4.74 Å². The Morgan fingerprint density at radius 3 is 3.00 bits per heavy atom. The van der Waals surface area contributed by atoms with E-state index in [0.717, 1.165) is 10.6 Å². The van der Waals surface area contributed by atoms with Crippen LogP contribution in [0, 0.1) is 11.8 Å². The van der Waals surface area contributed by atoms with Crippen LogP contribution in [0.2, 0.25) is 0 Å². The molecule has 0 radical (unpaired) electrons. The average molecular weight is 323 g/mol. The molecule has 0 aliphatic heterocycles. The summed E-state index contributed by atoms with van der Waals surface area (Å²) in [7, 11) is 0. The Morgan fingerprint density at radius 1 is 1.26 bits per heavy atom. The molecule has 114 valence electrons. The SMILES string of the molecule is C(#Cc1nc(C2CCC2)cs1)c1cccc(Oc2nn[nH]n2)c1. The highest BCUT2D eigenvalue weighted by atomic mass is 32.1. The molecule has 0 saturated heterocycles. The zero-order valence-corrected chi connectivity index (χ0v) is 13.0. The van der Waals surface area contributed by atoms with Gasteiger partial charge >= 0.3 is 6.01 Å². The Bertz CT molecular complexity index is 858. The van der Waals surface area contributed by atoms with Gasteiger partial charge in [-0.05, 0) is 42.2 Å². The van der Waals surface area contributed by atoms with E-state index in [0.29, 0.717) is 11.7 Å². The van der Waals surface area contributed by atoms with Crippen LogP contribution in [0.4, 0.5) is 0 Å². The second-order valence-corrected chi connectivity index (χ2v) is 6.14. The first-order valence-corrected chi connectivity index (χ1v) is 8.23. The van der Waals surface area contributed by atoms with Crippen LogP contribution >= 0.6 is 11.3 Å². The summed E-state index contributed by atoms with van der Waals surface area (Å²) >= 11 is 1.61. The van der Waals surface area contributed by atoms with Crippen LogP contribution in [-0.2, 0) is 0 Å². The maximum absolute atomic E-state index is 5.47. The summed E-state index contributed by atoms with van der Waals surface area (Å²) in [5, 5.41) is 16.3. The van der Waals surface area contributed by atoms with Crippen molar-refractivity contribution in [1.82, 2.24) is 25.6 Å². The number of ether oxygens (including phenoxy) is 1. The van der Waals surface area contributed by atoms with E-state index >= 15 is 0 Å². The number of tetrazole rings is 1. The molecule has 1 saturated carbocycles. The Balaban J connectivity index is 1.49. The molecule has 0 spiro atoms. The van der Waals surface area contributed by atoms with Gasteiger partial charge in [0.05, 0.1) is 5.69 Å². The van der Waals surface area contributed by atoms with Gasteiger partial charge in [-0.1, -0.05) is 28.6 Å². The molecule has 1 aromatic carbocycles. The van der Waals surface area contributed by atoms with Crippen LogP contribution in [0.5, 0.6) is 11.8 Å². The molecule has 2 aromatic heterocycles. The number of hydrogen-bond donors (Lipinski definition) is 1. The van der Waals surface area contributed by atoms with Crippen molar-refractivity contribution < 1.29 is 4.74 Å². The first kappa shape index (κ1) is 13.9. The van der Waals surface area contributed by atoms with E-state index in [-0.39, 0.29) is 6.01 Å². The van der Waals surface area contributed by atoms with Gasteiger partial charge in [0.2, 0.25) is 0 Å². The average Bonchev–Trinajstić information content (AvgIpc) is 3.16.